The van der Waals surface area contributed by atoms with Crippen LogP contribution >= 0.6 is 0 Å². The highest BCUT2D eigenvalue weighted by Crippen LogP contribution is 2.31. The van der Waals surface area contributed by atoms with E-state index in [9.17, 15) is 18.0 Å². The first-order valence-electron chi connectivity index (χ1n) is 14.1. The monoisotopic (exact) mass is 574 g/mol. The van der Waals surface area contributed by atoms with E-state index in [2.05, 4.69) is 53.4 Å². The van der Waals surface area contributed by atoms with E-state index in [4.69, 9.17) is 4.42 Å². The molecule has 1 atom stereocenters. The molecule has 1 aromatic heterocycles. The summed E-state index contributed by atoms with van der Waals surface area (Å²) in [5, 5.41) is 0. The van der Waals surface area contributed by atoms with E-state index >= 15 is 0 Å². The standard InChI is InChI=1S/C31H34N4O5S/c1-32-27-15-14-26(21-28(27)40-31(32)37)41(38,39)35-16-8-13-25(22-35)30(36)34-19-17-33(18-20-34)29(23-9-4-2-5-10-23)24-11-6-3-7-12-24/h2-7,9-12,14-15,21,25,29H,8,13,16-20,22H2,1H3/t25-/m0/s1. The number of carbonyl (C=O) groups excluding carboxylic acids is 1. The van der Waals surface area contributed by atoms with Gasteiger partial charge in [-0.25, -0.2) is 13.2 Å². The van der Waals surface area contributed by atoms with Gasteiger partial charge in [-0.1, -0.05) is 60.7 Å². The Morgan fingerprint density at radius 2 is 1.51 bits per heavy atom. The average molecular weight is 575 g/mol. The number of oxazole rings is 1. The number of piperidine rings is 1. The van der Waals surface area contributed by atoms with E-state index in [-0.39, 0.29) is 34.9 Å². The van der Waals surface area contributed by atoms with Crippen molar-refractivity contribution in [3.8, 4) is 0 Å². The van der Waals surface area contributed by atoms with Crippen molar-refractivity contribution in [2.45, 2.75) is 23.8 Å². The van der Waals surface area contributed by atoms with E-state index in [0.29, 0.717) is 38.0 Å². The number of sulfonamides is 1. The predicted octanol–water partition coefficient (Wildman–Crippen LogP) is 3.47. The molecule has 3 heterocycles. The van der Waals surface area contributed by atoms with Crippen LogP contribution in [0.15, 0.2) is 93.0 Å². The summed E-state index contributed by atoms with van der Waals surface area (Å²) in [6.45, 7) is 3.17. The number of amides is 1. The van der Waals surface area contributed by atoms with Gasteiger partial charge < -0.3 is 9.32 Å². The van der Waals surface area contributed by atoms with Gasteiger partial charge in [-0.05, 0) is 36.1 Å². The molecule has 0 radical (unpaired) electrons. The van der Waals surface area contributed by atoms with Crippen molar-refractivity contribution in [3.63, 3.8) is 0 Å². The molecule has 0 bridgehead atoms. The van der Waals surface area contributed by atoms with Crippen LogP contribution in [0.3, 0.4) is 0 Å². The second-order valence-electron chi connectivity index (χ2n) is 10.8. The largest absolute Gasteiger partial charge is 0.419 e. The molecule has 3 aromatic carbocycles. The third-order valence-electron chi connectivity index (χ3n) is 8.36. The Bertz CT molecular complexity index is 1650. The minimum Gasteiger partial charge on any atom is -0.408 e. The molecule has 1 amide bonds. The van der Waals surface area contributed by atoms with Crippen LogP contribution < -0.4 is 5.76 Å². The molecule has 0 spiro atoms. The van der Waals surface area contributed by atoms with Crippen LogP contribution in [-0.2, 0) is 21.9 Å². The van der Waals surface area contributed by atoms with E-state index in [1.807, 2.05) is 17.0 Å². The summed E-state index contributed by atoms with van der Waals surface area (Å²) >= 11 is 0. The van der Waals surface area contributed by atoms with E-state index in [0.717, 1.165) is 13.1 Å². The van der Waals surface area contributed by atoms with Gasteiger partial charge in [0.1, 0.15) is 0 Å². The second kappa shape index (κ2) is 11.3. The van der Waals surface area contributed by atoms with Crippen LogP contribution in [0.2, 0.25) is 0 Å². The Hall–Kier alpha value is -3.73. The smallest absolute Gasteiger partial charge is 0.408 e. The van der Waals surface area contributed by atoms with Gasteiger partial charge in [-0.2, -0.15) is 4.31 Å². The van der Waals surface area contributed by atoms with Gasteiger partial charge in [0, 0.05) is 52.4 Å². The minimum atomic E-state index is -3.85. The number of rotatable bonds is 6. The summed E-state index contributed by atoms with van der Waals surface area (Å²) in [6.07, 6.45) is 1.27. The quantitative estimate of drug-likeness (QED) is 0.350. The topological polar surface area (TPSA) is 96.1 Å². The molecule has 10 heteroatoms. The average Bonchev–Trinajstić information content (AvgIpc) is 3.30. The zero-order valence-electron chi connectivity index (χ0n) is 23.1. The summed E-state index contributed by atoms with van der Waals surface area (Å²) < 4.78 is 35.0. The lowest BCUT2D eigenvalue weighted by atomic mass is 9.95. The number of benzene rings is 3. The third-order valence-corrected chi connectivity index (χ3v) is 10.2. The fraction of sp³-hybridized carbons (Fsp3) is 0.355. The van der Waals surface area contributed by atoms with Crippen molar-refractivity contribution in [1.82, 2.24) is 18.7 Å². The summed E-state index contributed by atoms with van der Waals surface area (Å²) in [5.74, 6) is -0.912. The lowest BCUT2D eigenvalue weighted by molar-refractivity contribution is -0.138. The van der Waals surface area contributed by atoms with Crippen LogP contribution in [0, 0.1) is 5.92 Å². The van der Waals surface area contributed by atoms with Crippen LogP contribution in [0.1, 0.15) is 30.0 Å². The van der Waals surface area contributed by atoms with Crippen LogP contribution in [0.4, 0.5) is 0 Å². The van der Waals surface area contributed by atoms with Crippen molar-refractivity contribution < 1.29 is 17.6 Å². The fourth-order valence-electron chi connectivity index (χ4n) is 6.13. The molecule has 0 unspecified atom stereocenters. The molecule has 0 saturated carbocycles. The molecule has 6 rings (SSSR count). The normalized spacial score (nSPS) is 19.2. The van der Waals surface area contributed by atoms with E-state index in [1.54, 1.807) is 13.1 Å². The maximum Gasteiger partial charge on any atom is 0.419 e. The van der Waals surface area contributed by atoms with Crippen molar-refractivity contribution in [2.24, 2.45) is 13.0 Å². The first-order valence-corrected chi connectivity index (χ1v) is 15.5. The summed E-state index contributed by atoms with van der Waals surface area (Å²) in [4.78, 5) is 29.9. The summed E-state index contributed by atoms with van der Waals surface area (Å²) in [6, 6.07) is 25.4. The number of aromatic nitrogens is 1. The molecule has 4 aromatic rings. The molecule has 9 nitrogen and oxygen atoms in total. The van der Waals surface area contributed by atoms with E-state index in [1.165, 1.54) is 32.1 Å². The third kappa shape index (κ3) is 5.35. The van der Waals surface area contributed by atoms with E-state index < -0.39 is 15.8 Å². The highest BCUT2D eigenvalue weighted by atomic mass is 32.2. The second-order valence-corrected chi connectivity index (χ2v) is 12.8. The molecule has 2 aliphatic rings. The molecule has 214 valence electrons. The Balaban J connectivity index is 1.14. The van der Waals surface area contributed by atoms with Gasteiger partial charge in [-0.15, -0.1) is 0 Å². The van der Waals surface area contributed by atoms with Gasteiger partial charge in [-0.3, -0.25) is 14.3 Å². The number of hydrogen-bond acceptors (Lipinski definition) is 6. The van der Waals surface area contributed by atoms with Crippen molar-refractivity contribution in [2.75, 3.05) is 39.3 Å². The van der Waals surface area contributed by atoms with Crippen molar-refractivity contribution in [3.05, 3.63) is 101 Å². The zero-order valence-corrected chi connectivity index (χ0v) is 23.9. The van der Waals surface area contributed by atoms with Gasteiger partial charge in [0.15, 0.2) is 5.58 Å². The molecular formula is C31H34N4O5S. The first kappa shape index (κ1) is 27.4. The van der Waals surface area contributed by atoms with Gasteiger partial charge >= 0.3 is 5.76 Å². The lowest BCUT2D eigenvalue weighted by Crippen LogP contribution is -2.53. The molecule has 2 saturated heterocycles. The SMILES string of the molecule is Cn1c(=O)oc2cc(S(=O)(=O)N3CCC[C@H](C(=O)N4CCN(C(c5ccccc5)c5ccccc5)CC4)C3)ccc21. The summed E-state index contributed by atoms with van der Waals surface area (Å²) in [7, 11) is -2.28. The molecular weight excluding hydrogens is 540 g/mol. The Morgan fingerprint density at radius 1 is 0.878 bits per heavy atom. The fourth-order valence-corrected chi connectivity index (χ4v) is 7.67. The molecule has 41 heavy (non-hydrogen) atoms. The molecule has 2 fully saturated rings. The summed E-state index contributed by atoms with van der Waals surface area (Å²) in [5.41, 5.74) is 3.20. The Labute approximate surface area is 239 Å². The lowest BCUT2D eigenvalue weighted by Gasteiger charge is -2.41. The van der Waals surface area contributed by atoms with Gasteiger partial charge in [0.25, 0.3) is 0 Å². The highest BCUT2D eigenvalue weighted by molar-refractivity contribution is 7.89. The van der Waals surface area contributed by atoms with Crippen LogP contribution in [0.25, 0.3) is 11.1 Å². The first-order chi connectivity index (χ1) is 19.8. The van der Waals surface area contributed by atoms with Crippen molar-refractivity contribution >= 4 is 27.0 Å². The maximum atomic E-state index is 13.6. The number of aryl methyl sites for hydroxylation is 1. The van der Waals surface area contributed by atoms with Crippen LogP contribution in [0.5, 0.6) is 0 Å². The minimum absolute atomic E-state index is 0.0185. The van der Waals surface area contributed by atoms with Crippen molar-refractivity contribution in [1.29, 1.82) is 0 Å². The van der Waals surface area contributed by atoms with Crippen LogP contribution in [-0.4, -0.2) is 72.3 Å². The van der Waals surface area contributed by atoms with Gasteiger partial charge in [0.05, 0.1) is 22.4 Å². The Morgan fingerprint density at radius 3 is 2.15 bits per heavy atom. The number of hydrogen-bond donors (Lipinski definition) is 0. The number of carbonyl (C=O) groups is 1. The molecule has 2 aliphatic heterocycles. The Kier molecular flexibility index (Phi) is 7.54. The maximum absolute atomic E-state index is 13.6. The molecule has 0 N–H and O–H groups in total. The number of nitrogens with zero attached hydrogens (tertiary/aromatic N) is 4. The molecule has 0 aliphatic carbocycles. The number of fused-ring (bicyclic) bond motifs is 1. The predicted molar refractivity (Wildman–Crippen MR) is 156 cm³/mol. The number of piperazine rings is 1. The highest BCUT2D eigenvalue weighted by Gasteiger charge is 2.37. The zero-order chi connectivity index (χ0) is 28.6. The van der Waals surface area contributed by atoms with Gasteiger partial charge in [0.2, 0.25) is 15.9 Å².